The van der Waals surface area contributed by atoms with Crippen LogP contribution in [0.5, 0.6) is 0 Å². The quantitative estimate of drug-likeness (QED) is 0.474. The lowest BCUT2D eigenvalue weighted by atomic mass is 9.92. The molecule has 0 aromatic heterocycles. The van der Waals surface area contributed by atoms with Gasteiger partial charge < -0.3 is 4.74 Å². The molecule has 0 aromatic rings. The third-order valence-corrected chi connectivity index (χ3v) is 3.62. The fourth-order valence-electron chi connectivity index (χ4n) is 2.43. The van der Waals surface area contributed by atoms with E-state index in [4.69, 9.17) is 4.74 Å². The van der Waals surface area contributed by atoms with Crippen molar-refractivity contribution in [3.8, 4) is 0 Å². The maximum absolute atomic E-state index is 12.0. The summed E-state index contributed by atoms with van der Waals surface area (Å²) in [6, 6.07) is 0. The molecule has 0 spiro atoms. The summed E-state index contributed by atoms with van der Waals surface area (Å²) in [6.45, 7) is 2.22. The number of fused-ring (bicyclic) bond motifs is 1. The van der Waals surface area contributed by atoms with Crippen molar-refractivity contribution in [2.75, 3.05) is 0 Å². The number of carbonyl (C=O) groups excluding carboxylic acids is 1. The molecule has 1 saturated heterocycles. The van der Waals surface area contributed by atoms with Gasteiger partial charge in [0.15, 0.2) is 11.4 Å². The molecule has 1 aliphatic carbocycles. The minimum atomic E-state index is -0.557. The normalized spacial score (nSPS) is 29.1. The van der Waals surface area contributed by atoms with Gasteiger partial charge in [-0.2, -0.15) is 0 Å². The van der Waals surface area contributed by atoms with Crippen molar-refractivity contribution in [1.29, 1.82) is 0 Å². The van der Waals surface area contributed by atoms with Crippen LogP contribution in [0.15, 0.2) is 24.3 Å². The van der Waals surface area contributed by atoms with Crippen LogP contribution in [-0.2, 0) is 9.53 Å². The van der Waals surface area contributed by atoms with Gasteiger partial charge in [0, 0.05) is 6.42 Å². The molecule has 2 aliphatic rings. The molecule has 2 heteroatoms. The molecule has 2 unspecified atom stereocenters. The van der Waals surface area contributed by atoms with Crippen LogP contribution in [-0.4, -0.2) is 17.5 Å². The van der Waals surface area contributed by atoms with E-state index in [2.05, 4.69) is 6.92 Å². The van der Waals surface area contributed by atoms with Gasteiger partial charge >= 0.3 is 0 Å². The van der Waals surface area contributed by atoms with Gasteiger partial charge in [0.2, 0.25) is 0 Å². The van der Waals surface area contributed by atoms with Gasteiger partial charge in [-0.15, -0.1) is 0 Å². The molecule has 2 atom stereocenters. The first-order chi connectivity index (χ1) is 8.29. The molecule has 2 rings (SSSR count). The predicted molar refractivity (Wildman–Crippen MR) is 68.9 cm³/mol. The van der Waals surface area contributed by atoms with Crippen LogP contribution >= 0.6 is 0 Å². The molecule has 0 amide bonds. The van der Waals surface area contributed by atoms with Gasteiger partial charge in [-0.3, -0.25) is 4.79 Å². The number of hydrogen-bond acceptors (Lipinski definition) is 2. The molecule has 0 bridgehead atoms. The van der Waals surface area contributed by atoms with Crippen molar-refractivity contribution in [3.63, 3.8) is 0 Å². The van der Waals surface area contributed by atoms with Gasteiger partial charge in [-0.1, -0.05) is 57.3 Å². The second-order valence-corrected chi connectivity index (χ2v) is 5.02. The number of allylic oxidation sites excluding steroid dienone is 2. The lowest BCUT2D eigenvalue weighted by Crippen LogP contribution is -2.25. The molecular formula is C15H22O2. The Balaban J connectivity index is 1.62. The highest BCUT2D eigenvalue weighted by Gasteiger charge is 2.58. The standard InChI is InChI=1S/C15H22O2/c1-2-3-4-5-6-7-10-13(16)15-12-9-8-11-14(15)17-15/h8-9,11-12,14H,2-7,10H2,1H3. The number of unbranched alkanes of at least 4 members (excludes halogenated alkanes) is 5. The van der Waals surface area contributed by atoms with E-state index < -0.39 is 5.60 Å². The first-order valence-electron chi connectivity index (χ1n) is 6.87. The van der Waals surface area contributed by atoms with Crippen molar-refractivity contribution < 1.29 is 9.53 Å². The molecule has 94 valence electrons. The monoisotopic (exact) mass is 234 g/mol. The first kappa shape index (κ1) is 12.6. The molecule has 0 saturated carbocycles. The summed E-state index contributed by atoms with van der Waals surface area (Å²) in [6.07, 6.45) is 15.8. The fraction of sp³-hybridized carbons (Fsp3) is 0.667. The molecule has 0 aromatic carbocycles. The Morgan fingerprint density at radius 2 is 1.94 bits per heavy atom. The maximum atomic E-state index is 12.0. The van der Waals surface area contributed by atoms with Crippen LogP contribution < -0.4 is 0 Å². The van der Waals surface area contributed by atoms with E-state index in [1.54, 1.807) is 0 Å². The highest BCUT2D eigenvalue weighted by molar-refractivity contribution is 5.93. The fourth-order valence-corrected chi connectivity index (χ4v) is 2.43. The summed E-state index contributed by atoms with van der Waals surface area (Å²) in [4.78, 5) is 12.0. The Morgan fingerprint density at radius 1 is 1.18 bits per heavy atom. The van der Waals surface area contributed by atoms with Gasteiger partial charge in [0.25, 0.3) is 0 Å². The Labute approximate surface area is 104 Å². The van der Waals surface area contributed by atoms with Crippen LogP contribution in [0.1, 0.15) is 51.9 Å². The Hall–Kier alpha value is -0.890. The molecule has 1 fully saturated rings. The zero-order valence-electron chi connectivity index (χ0n) is 10.7. The average molecular weight is 234 g/mol. The van der Waals surface area contributed by atoms with Crippen LogP contribution in [0, 0.1) is 0 Å². The third kappa shape index (κ3) is 2.86. The molecule has 2 nitrogen and oxygen atoms in total. The zero-order valence-corrected chi connectivity index (χ0v) is 10.7. The topological polar surface area (TPSA) is 29.6 Å². The number of carbonyl (C=O) groups is 1. The second-order valence-electron chi connectivity index (χ2n) is 5.02. The lowest BCUT2D eigenvalue weighted by molar-refractivity contribution is -0.122. The van der Waals surface area contributed by atoms with Crippen molar-refractivity contribution in [1.82, 2.24) is 0 Å². The molecular weight excluding hydrogens is 212 g/mol. The molecule has 1 heterocycles. The minimum Gasteiger partial charge on any atom is -0.349 e. The highest BCUT2D eigenvalue weighted by Crippen LogP contribution is 2.43. The lowest BCUT2D eigenvalue weighted by Gasteiger charge is -2.07. The van der Waals surface area contributed by atoms with Gasteiger partial charge in [-0.05, 0) is 12.5 Å². The van der Waals surface area contributed by atoms with Crippen LogP contribution in [0.25, 0.3) is 0 Å². The summed E-state index contributed by atoms with van der Waals surface area (Å²) in [5, 5.41) is 0. The Bertz CT molecular complexity index is 330. The smallest absolute Gasteiger partial charge is 0.175 e. The SMILES string of the molecule is CCCCCCCCC(=O)C12C=CC=CC1O2. The number of rotatable bonds is 8. The van der Waals surface area contributed by atoms with Gasteiger partial charge in [-0.25, -0.2) is 0 Å². The van der Waals surface area contributed by atoms with Crippen molar-refractivity contribution in [3.05, 3.63) is 24.3 Å². The minimum absolute atomic E-state index is 0.0279. The molecule has 17 heavy (non-hydrogen) atoms. The van der Waals surface area contributed by atoms with Crippen molar-refractivity contribution in [2.24, 2.45) is 0 Å². The number of epoxide rings is 1. The highest BCUT2D eigenvalue weighted by atomic mass is 16.6. The number of Topliss-reactive ketones (excluding diaryl/α,β-unsaturated/α-hetero) is 1. The molecule has 1 aliphatic heterocycles. The third-order valence-electron chi connectivity index (χ3n) is 3.62. The van der Waals surface area contributed by atoms with Gasteiger partial charge in [0.1, 0.15) is 6.10 Å². The van der Waals surface area contributed by atoms with Crippen LogP contribution in [0.2, 0.25) is 0 Å². The van der Waals surface area contributed by atoms with E-state index in [0.29, 0.717) is 6.42 Å². The molecule has 0 radical (unpaired) electrons. The van der Waals surface area contributed by atoms with E-state index in [1.165, 1.54) is 32.1 Å². The summed E-state index contributed by atoms with van der Waals surface area (Å²) >= 11 is 0. The van der Waals surface area contributed by atoms with Crippen molar-refractivity contribution >= 4 is 5.78 Å². The Kier molecular flexibility index (Phi) is 4.16. The first-order valence-corrected chi connectivity index (χ1v) is 6.87. The van der Waals surface area contributed by atoms with Crippen molar-refractivity contribution in [2.45, 2.75) is 63.6 Å². The number of hydrogen-bond donors (Lipinski definition) is 0. The summed E-state index contributed by atoms with van der Waals surface area (Å²) < 4.78 is 5.50. The summed E-state index contributed by atoms with van der Waals surface area (Å²) in [5.41, 5.74) is -0.557. The van der Waals surface area contributed by atoms with E-state index in [0.717, 1.165) is 6.42 Å². The molecule has 0 N–H and O–H groups in total. The van der Waals surface area contributed by atoms with Crippen LogP contribution in [0.3, 0.4) is 0 Å². The van der Waals surface area contributed by atoms with E-state index in [-0.39, 0.29) is 11.9 Å². The average Bonchev–Trinajstić information content (AvgIpc) is 3.09. The zero-order chi connectivity index (χ0) is 12.1. The summed E-state index contributed by atoms with van der Waals surface area (Å²) in [5.74, 6) is 0.263. The number of ketones is 1. The van der Waals surface area contributed by atoms with E-state index in [1.807, 2.05) is 24.3 Å². The predicted octanol–water partition coefficient (Wildman–Crippen LogP) is 3.57. The van der Waals surface area contributed by atoms with Gasteiger partial charge in [0.05, 0.1) is 0 Å². The van der Waals surface area contributed by atoms with Crippen LogP contribution in [0.4, 0.5) is 0 Å². The van der Waals surface area contributed by atoms with E-state index >= 15 is 0 Å². The second kappa shape index (κ2) is 5.63. The van der Waals surface area contributed by atoms with E-state index in [9.17, 15) is 4.79 Å². The maximum Gasteiger partial charge on any atom is 0.175 e. The number of ether oxygens (including phenoxy) is 1. The largest absolute Gasteiger partial charge is 0.349 e. The Morgan fingerprint density at radius 3 is 2.71 bits per heavy atom. The summed E-state index contributed by atoms with van der Waals surface area (Å²) in [7, 11) is 0.